The number of hydrogen-bond acceptors (Lipinski definition) is 13. The number of benzene rings is 1. The molecule has 1 saturated heterocycles. The van der Waals surface area contributed by atoms with E-state index in [1.54, 1.807) is 12.1 Å². The van der Waals surface area contributed by atoms with E-state index in [9.17, 15) is 29.1 Å². The third kappa shape index (κ3) is 13.0. The lowest BCUT2D eigenvalue weighted by molar-refractivity contribution is -0.300. The van der Waals surface area contributed by atoms with Crippen LogP contribution in [0.5, 0.6) is 11.5 Å². The molecule has 0 radical (unpaired) electrons. The lowest BCUT2D eigenvalue weighted by Crippen LogP contribution is -2.63. The SMILES string of the molecule is C=CC[C@@H](CC(=O)NCCCC)C(=O)O[C@H]1[C@@H](OC(=O)Nc2ccc3c(c2)OCO3)[C@@H](CO)O[C@H](OC)[C@@H]1OC(=O)[C@H](CC=C)CC(=O)NCCCC. The van der Waals surface area contributed by atoms with Crippen LogP contribution in [0.15, 0.2) is 43.5 Å². The Morgan fingerprint density at radius 1 is 0.849 bits per heavy atom. The molecule has 16 nitrogen and oxygen atoms in total. The number of fused-ring (bicyclic) bond motifs is 1. The summed E-state index contributed by atoms with van der Waals surface area (Å²) in [4.78, 5) is 66.3. The zero-order valence-corrected chi connectivity index (χ0v) is 30.7. The molecule has 1 fully saturated rings. The Labute approximate surface area is 309 Å². The second-order valence-electron chi connectivity index (χ2n) is 12.6. The van der Waals surface area contributed by atoms with Gasteiger partial charge < -0.3 is 48.9 Å². The van der Waals surface area contributed by atoms with Crippen LogP contribution in [0, 0.1) is 11.8 Å². The highest BCUT2D eigenvalue weighted by Crippen LogP contribution is 2.35. The van der Waals surface area contributed by atoms with Gasteiger partial charge in [0.15, 0.2) is 36.1 Å². The van der Waals surface area contributed by atoms with Crippen molar-refractivity contribution in [2.24, 2.45) is 11.8 Å². The molecule has 4 N–H and O–H groups in total. The number of aliphatic hydroxyl groups is 1. The van der Waals surface area contributed by atoms with Crippen LogP contribution in [-0.2, 0) is 42.9 Å². The number of hydrogen-bond donors (Lipinski definition) is 4. The largest absolute Gasteiger partial charge is 0.454 e. The third-order valence-electron chi connectivity index (χ3n) is 8.51. The minimum Gasteiger partial charge on any atom is -0.454 e. The van der Waals surface area contributed by atoms with Gasteiger partial charge in [-0.2, -0.15) is 0 Å². The second kappa shape index (κ2) is 22.4. The van der Waals surface area contributed by atoms with E-state index in [1.807, 2.05) is 13.8 Å². The standard InChI is InChI=1S/C37H53N3O13/c1-6-10-16-38-29(42)18-23(12-8-3)34(44)51-32-31(53-37(46)40-25-14-15-26-27(20-25)49-22-48-26)28(21-41)50-36(47-5)33(32)52-35(45)24(13-9-4)19-30(43)39-17-11-7-2/h8-9,14-15,20,23-24,28,31-33,36,41H,3-4,6-7,10-13,16-19,21-22H2,1-2,5H3,(H,38,42)(H,39,43)(H,40,46)/t23-,24+,28+,31-,32-,33+,36-/m0/s1. The van der Waals surface area contributed by atoms with E-state index in [1.165, 1.54) is 25.3 Å². The first kappa shape index (κ1) is 42.7. The predicted octanol–water partition coefficient (Wildman–Crippen LogP) is 3.52. The van der Waals surface area contributed by atoms with Crippen molar-refractivity contribution < 1.29 is 62.2 Å². The van der Waals surface area contributed by atoms with E-state index in [2.05, 4.69) is 29.1 Å². The topological polar surface area (TPSA) is 206 Å². The number of ether oxygens (including phenoxy) is 7. The van der Waals surface area contributed by atoms with E-state index in [0.29, 0.717) is 24.6 Å². The molecule has 7 atom stereocenters. The number of unbranched alkanes of at least 4 members (excludes halogenated alkanes) is 2. The highest BCUT2D eigenvalue weighted by atomic mass is 16.7. The van der Waals surface area contributed by atoms with Crippen molar-refractivity contribution >= 4 is 35.5 Å². The Hall–Kier alpha value is -4.67. The van der Waals surface area contributed by atoms with Gasteiger partial charge in [0, 0.05) is 44.8 Å². The molecule has 0 spiro atoms. The average molecular weight is 748 g/mol. The van der Waals surface area contributed by atoms with Crippen molar-refractivity contribution in [3.8, 4) is 11.5 Å². The number of allylic oxidation sites excluding steroid dienone is 2. The monoisotopic (exact) mass is 747 g/mol. The van der Waals surface area contributed by atoms with E-state index >= 15 is 0 Å². The van der Waals surface area contributed by atoms with Crippen LogP contribution in [0.25, 0.3) is 0 Å². The van der Waals surface area contributed by atoms with Gasteiger partial charge in [-0.1, -0.05) is 38.8 Å². The fourth-order valence-corrected chi connectivity index (χ4v) is 5.65. The summed E-state index contributed by atoms with van der Waals surface area (Å²) >= 11 is 0. The molecule has 2 aliphatic rings. The van der Waals surface area contributed by atoms with Crippen LogP contribution in [-0.4, -0.2) is 99.3 Å². The molecule has 0 aromatic heterocycles. The zero-order chi connectivity index (χ0) is 38.8. The summed E-state index contributed by atoms with van der Waals surface area (Å²) in [6, 6.07) is 4.64. The number of carbonyl (C=O) groups excluding carboxylic acids is 5. The fraction of sp³-hybridized carbons (Fsp3) is 0.595. The lowest BCUT2D eigenvalue weighted by atomic mass is 9.96. The first-order valence-corrected chi connectivity index (χ1v) is 17.9. The minimum absolute atomic E-state index is 0.0130. The molecular weight excluding hydrogens is 694 g/mol. The molecule has 0 unspecified atom stereocenters. The van der Waals surface area contributed by atoms with E-state index in [-0.39, 0.29) is 50.0 Å². The molecule has 0 saturated carbocycles. The summed E-state index contributed by atoms with van der Waals surface area (Å²) in [5.41, 5.74) is 0.271. The zero-order valence-electron chi connectivity index (χ0n) is 30.7. The Kier molecular flexibility index (Phi) is 18.1. The molecule has 2 heterocycles. The maximum atomic E-state index is 13.8. The highest BCUT2D eigenvalue weighted by molar-refractivity contribution is 5.86. The number of esters is 2. The highest BCUT2D eigenvalue weighted by Gasteiger charge is 2.53. The van der Waals surface area contributed by atoms with Crippen LogP contribution in [0.3, 0.4) is 0 Å². The molecule has 2 aliphatic heterocycles. The Balaban J connectivity index is 1.94. The summed E-state index contributed by atoms with van der Waals surface area (Å²) in [7, 11) is 1.25. The molecule has 1 aromatic carbocycles. The van der Waals surface area contributed by atoms with Gasteiger partial charge in [0.2, 0.25) is 18.6 Å². The summed E-state index contributed by atoms with van der Waals surface area (Å²) in [5, 5.41) is 18.5. The summed E-state index contributed by atoms with van der Waals surface area (Å²) in [6.45, 7) is 11.5. The van der Waals surface area contributed by atoms with Gasteiger partial charge in [0.25, 0.3) is 0 Å². The average Bonchev–Trinajstić information content (AvgIpc) is 3.60. The van der Waals surface area contributed by atoms with Gasteiger partial charge >= 0.3 is 18.0 Å². The molecule has 0 bridgehead atoms. The van der Waals surface area contributed by atoms with Crippen molar-refractivity contribution in [2.45, 2.75) is 95.9 Å². The number of methoxy groups -OCH3 is 1. The maximum absolute atomic E-state index is 13.8. The molecule has 294 valence electrons. The molecule has 0 aliphatic carbocycles. The van der Waals surface area contributed by atoms with Gasteiger partial charge in [-0.05, 0) is 37.8 Å². The van der Waals surface area contributed by atoms with Gasteiger partial charge in [0.1, 0.15) is 6.10 Å². The van der Waals surface area contributed by atoms with Crippen LogP contribution in [0.2, 0.25) is 0 Å². The van der Waals surface area contributed by atoms with Crippen molar-refractivity contribution in [3.05, 3.63) is 43.5 Å². The van der Waals surface area contributed by atoms with E-state index < -0.39 is 67.2 Å². The second-order valence-corrected chi connectivity index (χ2v) is 12.6. The minimum atomic E-state index is -1.62. The summed E-state index contributed by atoms with van der Waals surface area (Å²) in [5.74, 6) is -3.67. The number of rotatable bonds is 22. The molecule has 3 rings (SSSR count). The van der Waals surface area contributed by atoms with Crippen LogP contribution in [0.1, 0.15) is 65.2 Å². The van der Waals surface area contributed by atoms with Gasteiger partial charge in [0.05, 0.1) is 18.4 Å². The van der Waals surface area contributed by atoms with Crippen LogP contribution >= 0.6 is 0 Å². The Morgan fingerprint density at radius 2 is 1.42 bits per heavy atom. The van der Waals surface area contributed by atoms with Gasteiger partial charge in [-0.15, -0.1) is 13.2 Å². The number of anilines is 1. The smallest absolute Gasteiger partial charge is 0.412 e. The van der Waals surface area contributed by atoms with E-state index in [4.69, 9.17) is 33.2 Å². The van der Waals surface area contributed by atoms with Crippen LogP contribution < -0.4 is 25.4 Å². The molecular formula is C37H53N3O13. The first-order chi connectivity index (χ1) is 25.6. The number of carbonyl (C=O) groups is 5. The third-order valence-corrected chi connectivity index (χ3v) is 8.51. The van der Waals surface area contributed by atoms with Gasteiger partial charge in [-0.25, -0.2) is 4.79 Å². The molecule has 3 amide bonds. The lowest BCUT2D eigenvalue weighted by Gasteiger charge is -2.44. The fourth-order valence-electron chi connectivity index (χ4n) is 5.65. The summed E-state index contributed by atoms with van der Waals surface area (Å²) in [6.07, 6.45) is -2.76. The first-order valence-electron chi connectivity index (χ1n) is 17.9. The quantitative estimate of drug-likeness (QED) is 0.0581. The number of nitrogens with one attached hydrogen (secondary N) is 3. The van der Waals surface area contributed by atoms with E-state index in [0.717, 1.165) is 25.7 Å². The number of aliphatic hydroxyl groups excluding tert-OH is 1. The maximum Gasteiger partial charge on any atom is 0.412 e. The van der Waals surface area contributed by atoms with Crippen molar-refractivity contribution in [1.29, 1.82) is 0 Å². The molecule has 53 heavy (non-hydrogen) atoms. The van der Waals surface area contributed by atoms with Crippen molar-refractivity contribution in [3.63, 3.8) is 0 Å². The normalized spacial score (nSPS) is 21.3. The van der Waals surface area contributed by atoms with Gasteiger partial charge in [-0.3, -0.25) is 24.5 Å². The molecule has 16 heteroatoms. The van der Waals surface area contributed by atoms with Crippen molar-refractivity contribution in [2.75, 3.05) is 38.9 Å². The number of amides is 3. The van der Waals surface area contributed by atoms with Crippen molar-refractivity contribution in [1.82, 2.24) is 10.6 Å². The Bertz CT molecular complexity index is 1410. The Morgan fingerprint density at radius 3 is 1.94 bits per heavy atom. The summed E-state index contributed by atoms with van der Waals surface area (Å²) < 4.78 is 39.7. The predicted molar refractivity (Wildman–Crippen MR) is 191 cm³/mol. The molecule has 1 aromatic rings. The van der Waals surface area contributed by atoms with Crippen LogP contribution in [0.4, 0.5) is 10.5 Å².